The van der Waals surface area contributed by atoms with Gasteiger partial charge >= 0.3 is 0 Å². The summed E-state index contributed by atoms with van der Waals surface area (Å²) >= 11 is 0. The maximum Gasteiger partial charge on any atom is 0.276 e. The van der Waals surface area contributed by atoms with Crippen LogP contribution >= 0.6 is 0 Å². The molecular formula is C23H17N5O6. The standard InChI is InChI=1S/C23H17N5O6/c29-22(13-6-9-18-19(10-13)34-12-33-18)20(27-26-14-4-2-1-3-5-14)21-23(30)25-17-11-15(28(31)32)7-8-16(17)24-21/h1-11,22,26,29H,12H2,(H,25,30)/b27-20+. The molecule has 11 heteroatoms. The van der Waals surface area contributed by atoms with Crippen LogP contribution in [0, 0.1) is 10.1 Å². The van der Waals surface area contributed by atoms with Gasteiger partial charge in [-0.25, -0.2) is 4.98 Å². The Morgan fingerprint density at radius 2 is 1.91 bits per heavy atom. The van der Waals surface area contributed by atoms with E-state index in [1.165, 1.54) is 18.2 Å². The van der Waals surface area contributed by atoms with E-state index in [-0.39, 0.29) is 29.4 Å². The Morgan fingerprint density at radius 1 is 1.12 bits per heavy atom. The molecule has 0 bridgehead atoms. The number of nitrogens with one attached hydrogen (secondary N) is 2. The summed E-state index contributed by atoms with van der Waals surface area (Å²) in [6.45, 7) is 0.0728. The lowest BCUT2D eigenvalue weighted by atomic mass is 10.0. The van der Waals surface area contributed by atoms with Crippen LogP contribution < -0.4 is 20.5 Å². The van der Waals surface area contributed by atoms with Crippen molar-refractivity contribution in [2.75, 3.05) is 12.2 Å². The number of benzene rings is 3. The second-order valence-corrected chi connectivity index (χ2v) is 7.36. The van der Waals surface area contributed by atoms with Gasteiger partial charge < -0.3 is 19.6 Å². The molecule has 5 rings (SSSR count). The molecule has 1 atom stereocenters. The van der Waals surface area contributed by atoms with Crippen LogP contribution in [0.3, 0.4) is 0 Å². The molecule has 2 heterocycles. The van der Waals surface area contributed by atoms with E-state index in [0.717, 1.165) is 0 Å². The van der Waals surface area contributed by atoms with Gasteiger partial charge in [0.15, 0.2) is 17.2 Å². The number of hydrazone groups is 1. The van der Waals surface area contributed by atoms with Crippen molar-refractivity contribution in [1.82, 2.24) is 9.97 Å². The van der Waals surface area contributed by atoms with Gasteiger partial charge in [0.05, 0.1) is 21.6 Å². The highest BCUT2D eigenvalue weighted by Crippen LogP contribution is 2.35. The minimum Gasteiger partial charge on any atom is -0.454 e. The van der Waals surface area contributed by atoms with Gasteiger partial charge in [-0.05, 0) is 35.9 Å². The highest BCUT2D eigenvalue weighted by Gasteiger charge is 2.25. The quantitative estimate of drug-likeness (QED) is 0.226. The lowest BCUT2D eigenvalue weighted by molar-refractivity contribution is -0.384. The Morgan fingerprint density at radius 3 is 2.71 bits per heavy atom. The first kappa shape index (κ1) is 21.1. The summed E-state index contributed by atoms with van der Waals surface area (Å²) in [5.41, 5.74) is 3.32. The van der Waals surface area contributed by atoms with Crippen molar-refractivity contribution in [2.24, 2.45) is 5.10 Å². The predicted molar refractivity (Wildman–Crippen MR) is 123 cm³/mol. The fourth-order valence-corrected chi connectivity index (χ4v) is 3.48. The molecule has 11 nitrogen and oxygen atoms in total. The predicted octanol–water partition coefficient (Wildman–Crippen LogP) is 3.11. The first-order valence-corrected chi connectivity index (χ1v) is 10.1. The van der Waals surface area contributed by atoms with Crippen molar-refractivity contribution in [3.8, 4) is 11.5 Å². The number of rotatable bonds is 6. The van der Waals surface area contributed by atoms with Crippen molar-refractivity contribution < 1.29 is 19.5 Å². The molecule has 3 N–H and O–H groups in total. The van der Waals surface area contributed by atoms with E-state index in [1.54, 1.807) is 42.5 Å². The molecule has 0 saturated carbocycles. The molecule has 0 aliphatic carbocycles. The van der Waals surface area contributed by atoms with E-state index in [4.69, 9.17) is 9.47 Å². The van der Waals surface area contributed by atoms with Crippen LogP contribution in [0.2, 0.25) is 0 Å². The van der Waals surface area contributed by atoms with Crippen LogP contribution in [0.25, 0.3) is 11.0 Å². The number of para-hydroxylation sites is 1. The third-order valence-electron chi connectivity index (χ3n) is 5.18. The summed E-state index contributed by atoms with van der Waals surface area (Å²) < 4.78 is 10.7. The lowest BCUT2D eigenvalue weighted by Crippen LogP contribution is -2.26. The third-order valence-corrected chi connectivity index (χ3v) is 5.18. The first-order valence-electron chi connectivity index (χ1n) is 10.1. The summed E-state index contributed by atoms with van der Waals surface area (Å²) in [6.07, 6.45) is -1.35. The Bertz CT molecular complexity index is 1480. The molecule has 1 aliphatic rings. The number of non-ortho nitro benzene ring substituents is 1. The Hall–Kier alpha value is -4.77. The van der Waals surface area contributed by atoms with Gasteiger partial charge in [-0.15, -0.1) is 0 Å². The molecule has 170 valence electrons. The van der Waals surface area contributed by atoms with Gasteiger partial charge in [0.2, 0.25) is 6.79 Å². The number of hydrogen-bond donors (Lipinski definition) is 3. The topological polar surface area (TPSA) is 152 Å². The highest BCUT2D eigenvalue weighted by atomic mass is 16.7. The minimum atomic E-state index is -1.35. The number of aromatic nitrogens is 2. The molecular weight excluding hydrogens is 442 g/mol. The molecule has 0 fully saturated rings. The number of H-pyrrole nitrogens is 1. The number of aromatic amines is 1. The van der Waals surface area contributed by atoms with E-state index in [1.807, 2.05) is 6.07 Å². The molecule has 1 unspecified atom stereocenters. The van der Waals surface area contributed by atoms with Gasteiger partial charge in [-0.3, -0.25) is 20.3 Å². The van der Waals surface area contributed by atoms with Crippen LogP contribution in [0.1, 0.15) is 17.4 Å². The summed E-state index contributed by atoms with van der Waals surface area (Å²) in [5, 5.41) is 26.6. The fourth-order valence-electron chi connectivity index (χ4n) is 3.48. The van der Waals surface area contributed by atoms with Gasteiger partial charge in [-0.1, -0.05) is 24.3 Å². The van der Waals surface area contributed by atoms with Crippen LogP contribution in [0.4, 0.5) is 11.4 Å². The summed E-state index contributed by atoms with van der Waals surface area (Å²) in [4.78, 5) is 30.4. The maximum atomic E-state index is 12.9. The van der Waals surface area contributed by atoms with Crippen molar-refractivity contribution >= 4 is 28.1 Å². The fraction of sp³-hybridized carbons (Fsp3) is 0.0870. The summed E-state index contributed by atoms with van der Waals surface area (Å²) in [6, 6.07) is 17.8. The summed E-state index contributed by atoms with van der Waals surface area (Å²) in [7, 11) is 0. The monoisotopic (exact) mass is 459 g/mol. The number of anilines is 1. The van der Waals surface area contributed by atoms with E-state index >= 15 is 0 Å². The van der Waals surface area contributed by atoms with Crippen molar-refractivity contribution in [3.63, 3.8) is 0 Å². The number of fused-ring (bicyclic) bond motifs is 2. The Kier molecular flexibility index (Phi) is 5.36. The molecule has 4 aromatic rings. The Balaban J connectivity index is 1.61. The number of nitro benzene ring substituents is 1. The van der Waals surface area contributed by atoms with Gasteiger partial charge in [0.25, 0.3) is 11.2 Å². The first-order chi connectivity index (χ1) is 16.5. The summed E-state index contributed by atoms with van der Waals surface area (Å²) in [5.74, 6) is 1.000. The van der Waals surface area contributed by atoms with Crippen LogP contribution in [-0.2, 0) is 0 Å². The highest BCUT2D eigenvalue weighted by molar-refractivity contribution is 6.03. The Labute approximate surface area is 191 Å². The normalized spacial score (nSPS) is 13.6. The average Bonchev–Trinajstić information content (AvgIpc) is 3.32. The number of aliphatic hydroxyl groups is 1. The van der Waals surface area contributed by atoms with E-state index < -0.39 is 16.6 Å². The molecule has 3 aromatic carbocycles. The second-order valence-electron chi connectivity index (χ2n) is 7.36. The van der Waals surface area contributed by atoms with Crippen LogP contribution in [0.15, 0.2) is 76.6 Å². The van der Waals surface area contributed by atoms with Gasteiger partial charge in [0.1, 0.15) is 11.8 Å². The number of hydrogen-bond acceptors (Lipinski definition) is 9. The van der Waals surface area contributed by atoms with Gasteiger partial charge in [0, 0.05) is 12.1 Å². The van der Waals surface area contributed by atoms with E-state index in [2.05, 4.69) is 20.5 Å². The smallest absolute Gasteiger partial charge is 0.276 e. The second kappa shape index (κ2) is 8.64. The molecule has 0 saturated heterocycles. The zero-order valence-electron chi connectivity index (χ0n) is 17.5. The number of aliphatic hydroxyl groups excluding tert-OH is 1. The van der Waals surface area contributed by atoms with Crippen molar-refractivity contribution in [2.45, 2.75) is 6.10 Å². The maximum absolute atomic E-state index is 12.9. The van der Waals surface area contributed by atoms with Crippen molar-refractivity contribution in [1.29, 1.82) is 0 Å². The molecule has 0 radical (unpaired) electrons. The van der Waals surface area contributed by atoms with Crippen molar-refractivity contribution in [3.05, 3.63) is 98.5 Å². The van der Waals surface area contributed by atoms with E-state index in [0.29, 0.717) is 28.3 Å². The average molecular weight is 459 g/mol. The molecule has 1 aliphatic heterocycles. The van der Waals surface area contributed by atoms with Crippen LogP contribution in [-0.4, -0.2) is 32.5 Å². The van der Waals surface area contributed by atoms with Crippen LogP contribution in [0.5, 0.6) is 11.5 Å². The number of ether oxygens (including phenoxy) is 2. The largest absolute Gasteiger partial charge is 0.454 e. The molecule has 0 amide bonds. The van der Waals surface area contributed by atoms with Gasteiger partial charge in [-0.2, -0.15) is 5.10 Å². The zero-order valence-corrected chi connectivity index (χ0v) is 17.5. The van der Waals surface area contributed by atoms with E-state index in [9.17, 15) is 20.0 Å². The minimum absolute atomic E-state index is 0.0516. The SMILES string of the molecule is O=c1[nH]c2cc([N+](=O)[O-])ccc2nc1/C(=N\Nc1ccccc1)C(O)c1ccc2c(c1)OCO2. The molecule has 0 spiro atoms. The number of nitro groups is 1. The zero-order chi connectivity index (χ0) is 23.7. The molecule has 1 aromatic heterocycles. The molecule has 34 heavy (non-hydrogen) atoms. The lowest BCUT2D eigenvalue weighted by Gasteiger charge is -2.15. The number of nitrogens with zero attached hydrogens (tertiary/aromatic N) is 3. The third kappa shape index (κ3) is 4.02.